The van der Waals surface area contributed by atoms with E-state index in [-0.39, 0.29) is 0 Å². The van der Waals surface area contributed by atoms with Crippen molar-refractivity contribution in [2.45, 2.75) is 51.5 Å². The van der Waals surface area contributed by atoms with E-state index >= 15 is 0 Å². The summed E-state index contributed by atoms with van der Waals surface area (Å²) in [7, 11) is -3.48. The minimum absolute atomic E-state index is 0.559. The summed E-state index contributed by atoms with van der Waals surface area (Å²) in [5.41, 5.74) is 0. The van der Waals surface area contributed by atoms with Gasteiger partial charge in [0.25, 0.3) is 10.2 Å². The van der Waals surface area contributed by atoms with Crippen molar-refractivity contribution in [3.05, 3.63) is 0 Å². The van der Waals surface area contributed by atoms with Gasteiger partial charge in [-0.25, -0.2) is 0 Å². The van der Waals surface area contributed by atoms with Gasteiger partial charge in [0.05, 0.1) is 6.07 Å². The van der Waals surface area contributed by atoms with Gasteiger partial charge < -0.3 is 0 Å². The molecular formula is C11H21N3O2S. The molecule has 1 saturated heterocycles. The van der Waals surface area contributed by atoms with E-state index in [2.05, 4.69) is 4.72 Å². The first-order valence-electron chi connectivity index (χ1n) is 6.27. The Morgan fingerprint density at radius 2 is 1.88 bits per heavy atom. The van der Waals surface area contributed by atoms with Crippen LogP contribution in [0, 0.1) is 11.3 Å². The van der Waals surface area contributed by atoms with Gasteiger partial charge in [0.2, 0.25) is 0 Å². The van der Waals surface area contributed by atoms with Crippen molar-refractivity contribution in [2.75, 3.05) is 13.1 Å². The first-order chi connectivity index (χ1) is 8.10. The molecule has 1 rings (SSSR count). The summed E-state index contributed by atoms with van der Waals surface area (Å²) in [6.07, 6.45) is 5.34. The summed E-state index contributed by atoms with van der Waals surface area (Å²) in [6.45, 7) is 3.07. The number of hydrogen-bond acceptors (Lipinski definition) is 3. The molecule has 0 aromatic rings. The van der Waals surface area contributed by atoms with Gasteiger partial charge in [-0.1, -0.05) is 26.2 Å². The lowest BCUT2D eigenvalue weighted by atomic mass is 10.2. The fourth-order valence-corrected chi connectivity index (χ4v) is 3.39. The Hall–Kier alpha value is -0.640. The zero-order chi connectivity index (χ0) is 12.7. The number of nitrogens with one attached hydrogen (secondary N) is 1. The maximum atomic E-state index is 12.0. The summed E-state index contributed by atoms with van der Waals surface area (Å²) in [4.78, 5) is 0. The molecule has 0 bridgehead atoms. The highest BCUT2D eigenvalue weighted by Gasteiger charge is 2.25. The lowest BCUT2D eigenvalue weighted by Gasteiger charge is -2.21. The van der Waals surface area contributed by atoms with Crippen molar-refractivity contribution in [3.8, 4) is 6.07 Å². The third-order valence-electron chi connectivity index (χ3n) is 2.93. The Morgan fingerprint density at radius 1 is 1.29 bits per heavy atom. The van der Waals surface area contributed by atoms with Crippen LogP contribution in [0.1, 0.15) is 45.4 Å². The van der Waals surface area contributed by atoms with E-state index in [1.54, 1.807) is 0 Å². The maximum absolute atomic E-state index is 12.0. The molecule has 0 aromatic heterocycles. The van der Waals surface area contributed by atoms with E-state index < -0.39 is 16.3 Å². The van der Waals surface area contributed by atoms with E-state index in [1.165, 1.54) is 4.31 Å². The van der Waals surface area contributed by atoms with Gasteiger partial charge in [-0.3, -0.25) is 0 Å². The van der Waals surface area contributed by atoms with Crippen LogP contribution in [0.25, 0.3) is 0 Å². The predicted molar refractivity (Wildman–Crippen MR) is 66.4 cm³/mol. The van der Waals surface area contributed by atoms with Crippen LogP contribution >= 0.6 is 0 Å². The van der Waals surface area contributed by atoms with Crippen LogP contribution in [0.5, 0.6) is 0 Å². The quantitative estimate of drug-likeness (QED) is 0.811. The average Bonchev–Trinajstić information content (AvgIpc) is 2.57. The van der Waals surface area contributed by atoms with Gasteiger partial charge >= 0.3 is 0 Å². The van der Waals surface area contributed by atoms with Crippen molar-refractivity contribution in [1.29, 1.82) is 5.26 Å². The van der Waals surface area contributed by atoms with Crippen LogP contribution in [0.2, 0.25) is 0 Å². The summed E-state index contributed by atoms with van der Waals surface area (Å²) < 4.78 is 28.0. The number of hydrogen-bond donors (Lipinski definition) is 1. The molecule has 0 spiro atoms. The van der Waals surface area contributed by atoms with Crippen LogP contribution in [-0.2, 0) is 10.2 Å². The molecule has 0 amide bonds. The second-order valence-electron chi connectivity index (χ2n) is 4.41. The van der Waals surface area contributed by atoms with Crippen molar-refractivity contribution in [1.82, 2.24) is 9.03 Å². The molecule has 0 aliphatic carbocycles. The molecule has 1 heterocycles. The maximum Gasteiger partial charge on any atom is 0.280 e. The van der Waals surface area contributed by atoms with Gasteiger partial charge in [-0.05, 0) is 19.3 Å². The van der Waals surface area contributed by atoms with Crippen molar-refractivity contribution >= 4 is 10.2 Å². The van der Waals surface area contributed by atoms with E-state index in [1.807, 2.05) is 13.0 Å². The zero-order valence-corrected chi connectivity index (χ0v) is 11.2. The second kappa shape index (κ2) is 6.94. The normalized spacial score (nSPS) is 20.5. The molecule has 1 fully saturated rings. The molecule has 1 atom stereocenters. The van der Waals surface area contributed by atoms with E-state index in [0.717, 1.165) is 32.1 Å². The van der Waals surface area contributed by atoms with Crippen molar-refractivity contribution in [2.24, 2.45) is 0 Å². The third-order valence-corrected chi connectivity index (χ3v) is 4.56. The zero-order valence-electron chi connectivity index (χ0n) is 10.4. The van der Waals surface area contributed by atoms with Gasteiger partial charge in [-0.2, -0.15) is 22.7 Å². The minimum atomic E-state index is -3.48. The van der Waals surface area contributed by atoms with Crippen molar-refractivity contribution in [3.63, 3.8) is 0 Å². The van der Waals surface area contributed by atoms with Gasteiger partial charge in [-0.15, -0.1) is 0 Å². The molecule has 1 aliphatic rings. The second-order valence-corrected chi connectivity index (χ2v) is 6.11. The van der Waals surface area contributed by atoms with Gasteiger partial charge in [0, 0.05) is 13.1 Å². The standard InChI is InChI=1S/C11H21N3O2S/c1-2-7-11(10-12)13-17(15,16)14-8-5-3-4-6-9-14/h11,13H,2-9H2,1H3. The molecular weight excluding hydrogens is 238 g/mol. The van der Waals surface area contributed by atoms with Crippen LogP contribution in [0.4, 0.5) is 0 Å². The molecule has 6 heteroatoms. The Balaban J connectivity index is 2.63. The summed E-state index contributed by atoms with van der Waals surface area (Å²) in [6, 6.07) is 1.39. The highest BCUT2D eigenvalue weighted by molar-refractivity contribution is 7.87. The summed E-state index contributed by atoms with van der Waals surface area (Å²) >= 11 is 0. The third kappa shape index (κ3) is 4.62. The molecule has 17 heavy (non-hydrogen) atoms. The largest absolute Gasteiger partial charge is 0.280 e. The van der Waals surface area contributed by atoms with E-state index in [4.69, 9.17) is 5.26 Å². The molecule has 0 aromatic carbocycles. The lowest BCUT2D eigenvalue weighted by molar-refractivity contribution is 0.410. The topological polar surface area (TPSA) is 73.2 Å². The van der Waals surface area contributed by atoms with Crippen LogP contribution in [-0.4, -0.2) is 31.9 Å². The molecule has 1 N–H and O–H groups in total. The lowest BCUT2D eigenvalue weighted by Crippen LogP contribution is -2.45. The summed E-state index contributed by atoms with van der Waals surface area (Å²) in [5.74, 6) is 0. The number of rotatable bonds is 5. The number of nitrogens with zero attached hydrogens (tertiary/aromatic N) is 2. The van der Waals surface area contributed by atoms with Crippen molar-refractivity contribution < 1.29 is 8.42 Å². The number of nitriles is 1. The van der Waals surface area contributed by atoms with Crippen LogP contribution < -0.4 is 4.72 Å². The SMILES string of the molecule is CCCC(C#N)NS(=O)(=O)N1CCCCCC1. The fraction of sp³-hybridized carbons (Fsp3) is 0.909. The van der Waals surface area contributed by atoms with Gasteiger partial charge in [0.1, 0.15) is 6.04 Å². The van der Waals surface area contributed by atoms with E-state index in [9.17, 15) is 8.42 Å². The monoisotopic (exact) mass is 259 g/mol. The Bertz CT molecular complexity index is 353. The summed E-state index contributed by atoms with van der Waals surface area (Å²) in [5, 5.41) is 8.88. The minimum Gasteiger partial charge on any atom is -0.197 e. The molecule has 0 radical (unpaired) electrons. The molecule has 5 nitrogen and oxygen atoms in total. The predicted octanol–water partition coefficient (Wildman–Crippen LogP) is 1.39. The first-order valence-corrected chi connectivity index (χ1v) is 7.71. The Kier molecular flexibility index (Phi) is 5.89. The molecule has 1 aliphatic heterocycles. The Labute approximate surface area is 104 Å². The Morgan fingerprint density at radius 3 is 2.35 bits per heavy atom. The highest BCUT2D eigenvalue weighted by atomic mass is 32.2. The molecule has 1 unspecified atom stereocenters. The van der Waals surface area contributed by atoms with Crippen LogP contribution in [0.15, 0.2) is 0 Å². The fourth-order valence-electron chi connectivity index (χ4n) is 1.97. The molecule has 98 valence electrons. The highest BCUT2D eigenvalue weighted by Crippen LogP contribution is 2.13. The van der Waals surface area contributed by atoms with Crippen LogP contribution in [0.3, 0.4) is 0 Å². The van der Waals surface area contributed by atoms with Gasteiger partial charge in [0.15, 0.2) is 0 Å². The molecule has 0 saturated carbocycles. The van der Waals surface area contributed by atoms with E-state index in [0.29, 0.717) is 19.5 Å². The first kappa shape index (κ1) is 14.4. The average molecular weight is 259 g/mol. The smallest absolute Gasteiger partial charge is 0.197 e.